The van der Waals surface area contributed by atoms with E-state index in [4.69, 9.17) is 5.11 Å². The van der Waals surface area contributed by atoms with Gasteiger partial charge in [-0.15, -0.1) is 11.8 Å². The van der Waals surface area contributed by atoms with E-state index in [1.165, 1.54) is 18.0 Å². The number of hydrogen-bond donors (Lipinski definition) is 2. The Morgan fingerprint density at radius 1 is 1.48 bits per heavy atom. The topological polar surface area (TPSA) is 83.5 Å². The molecular formula is C13H16BrNO4S2. The summed E-state index contributed by atoms with van der Waals surface area (Å²) in [5.41, 5.74) is 0.795. The molecular weight excluding hydrogens is 378 g/mol. The van der Waals surface area contributed by atoms with Gasteiger partial charge in [0, 0.05) is 28.2 Å². The van der Waals surface area contributed by atoms with Crippen LogP contribution in [0.5, 0.6) is 0 Å². The molecule has 2 rings (SSSR count). The van der Waals surface area contributed by atoms with Gasteiger partial charge in [-0.3, -0.25) is 4.79 Å². The first-order valence-corrected chi connectivity index (χ1v) is 10.2. The number of carboxylic acids is 1. The second-order valence-corrected chi connectivity index (χ2v) is 8.69. The summed E-state index contributed by atoms with van der Waals surface area (Å²) < 4.78 is 24.6. The summed E-state index contributed by atoms with van der Waals surface area (Å²) in [5.74, 6) is -1.26. The van der Waals surface area contributed by atoms with Crippen molar-refractivity contribution in [3.8, 4) is 0 Å². The van der Waals surface area contributed by atoms with Gasteiger partial charge in [-0.25, -0.2) is 8.42 Å². The Hall–Kier alpha value is -0.570. The molecule has 116 valence electrons. The predicted octanol–water partition coefficient (Wildman–Crippen LogP) is 2.31. The minimum atomic E-state index is -3.34. The van der Waals surface area contributed by atoms with E-state index >= 15 is 0 Å². The average molecular weight is 394 g/mol. The Morgan fingerprint density at radius 2 is 2.14 bits per heavy atom. The maximum absolute atomic E-state index is 12.0. The first-order chi connectivity index (χ1) is 9.74. The van der Waals surface area contributed by atoms with Gasteiger partial charge < -0.3 is 10.4 Å². The molecule has 8 heteroatoms. The van der Waals surface area contributed by atoms with Crippen molar-refractivity contribution >= 4 is 43.5 Å². The highest BCUT2D eigenvalue weighted by atomic mass is 79.9. The van der Waals surface area contributed by atoms with Gasteiger partial charge >= 0.3 is 5.97 Å². The van der Waals surface area contributed by atoms with Crippen LogP contribution in [-0.4, -0.2) is 38.5 Å². The summed E-state index contributed by atoms with van der Waals surface area (Å²) in [6, 6.07) is 3.37. The van der Waals surface area contributed by atoms with E-state index < -0.39 is 21.7 Å². The van der Waals surface area contributed by atoms with E-state index in [0.717, 1.165) is 5.56 Å². The third kappa shape index (κ3) is 3.61. The maximum atomic E-state index is 12.0. The van der Waals surface area contributed by atoms with Crippen molar-refractivity contribution in [1.29, 1.82) is 0 Å². The van der Waals surface area contributed by atoms with Crippen LogP contribution in [0.15, 0.2) is 26.4 Å². The second-order valence-electron chi connectivity index (χ2n) is 5.04. The smallest absolute Gasteiger partial charge is 0.307 e. The lowest BCUT2D eigenvalue weighted by molar-refractivity contribution is -0.141. The highest BCUT2D eigenvalue weighted by Gasteiger charge is 2.31. The van der Waals surface area contributed by atoms with E-state index in [9.17, 15) is 13.2 Å². The molecule has 1 aliphatic heterocycles. The van der Waals surface area contributed by atoms with E-state index in [1.807, 2.05) is 12.3 Å². The van der Waals surface area contributed by atoms with Crippen LogP contribution in [0, 0.1) is 5.92 Å². The first-order valence-electron chi connectivity index (χ1n) is 6.27. The van der Waals surface area contributed by atoms with Crippen LogP contribution in [0.4, 0.5) is 0 Å². The lowest BCUT2D eigenvalue weighted by atomic mass is 10.0. The number of nitrogens with one attached hydrogen (secondary N) is 1. The first kappa shape index (κ1) is 16.8. The van der Waals surface area contributed by atoms with Gasteiger partial charge in [-0.1, -0.05) is 0 Å². The number of sulfone groups is 1. The van der Waals surface area contributed by atoms with Gasteiger partial charge in [-0.05, 0) is 46.3 Å². The SMILES string of the molecule is CSc1c(Br)cc(C2CC(C(=O)O)CN2)cc1S(C)(=O)=O. The normalized spacial score (nSPS) is 22.4. The zero-order valence-electron chi connectivity index (χ0n) is 11.6. The number of aliphatic carboxylic acids is 1. The third-order valence-electron chi connectivity index (χ3n) is 3.52. The van der Waals surface area contributed by atoms with Crippen LogP contribution in [-0.2, 0) is 14.6 Å². The number of rotatable bonds is 4. The van der Waals surface area contributed by atoms with Crippen LogP contribution < -0.4 is 5.32 Å². The summed E-state index contributed by atoms with van der Waals surface area (Å²) >= 11 is 4.78. The molecule has 2 unspecified atom stereocenters. The molecule has 1 aliphatic rings. The molecule has 0 bridgehead atoms. The van der Waals surface area contributed by atoms with Crippen molar-refractivity contribution in [1.82, 2.24) is 5.32 Å². The summed E-state index contributed by atoms with van der Waals surface area (Å²) in [4.78, 5) is 12.0. The number of halogens is 1. The highest BCUT2D eigenvalue weighted by Crippen LogP contribution is 2.37. The highest BCUT2D eigenvalue weighted by molar-refractivity contribution is 9.10. The molecule has 1 saturated heterocycles. The molecule has 2 atom stereocenters. The van der Waals surface area contributed by atoms with Crippen LogP contribution >= 0.6 is 27.7 Å². The van der Waals surface area contributed by atoms with Crippen molar-refractivity contribution in [3.05, 3.63) is 22.2 Å². The maximum Gasteiger partial charge on any atom is 0.307 e. The van der Waals surface area contributed by atoms with Crippen molar-refractivity contribution in [2.45, 2.75) is 22.3 Å². The third-order valence-corrected chi connectivity index (χ3v) is 6.50. The van der Waals surface area contributed by atoms with Crippen LogP contribution in [0.1, 0.15) is 18.0 Å². The predicted molar refractivity (Wildman–Crippen MR) is 85.5 cm³/mol. The fourth-order valence-electron chi connectivity index (χ4n) is 2.44. The molecule has 1 heterocycles. The summed E-state index contributed by atoms with van der Waals surface area (Å²) in [7, 11) is -3.34. The van der Waals surface area contributed by atoms with Crippen molar-refractivity contribution < 1.29 is 18.3 Å². The Balaban J connectivity index is 2.43. The molecule has 2 N–H and O–H groups in total. The van der Waals surface area contributed by atoms with Crippen LogP contribution in [0.3, 0.4) is 0 Å². The van der Waals surface area contributed by atoms with Gasteiger partial charge in [0.05, 0.1) is 10.8 Å². The van der Waals surface area contributed by atoms with Crippen LogP contribution in [0.2, 0.25) is 0 Å². The summed E-state index contributed by atoms with van der Waals surface area (Å²) in [5, 5.41) is 12.2. The Bertz CT molecular complexity index is 675. The zero-order chi connectivity index (χ0) is 15.8. The minimum Gasteiger partial charge on any atom is -0.481 e. The molecule has 0 saturated carbocycles. The minimum absolute atomic E-state index is 0.140. The molecule has 1 aromatic rings. The fourth-order valence-corrected chi connectivity index (χ4v) is 5.55. The van der Waals surface area contributed by atoms with E-state index in [0.29, 0.717) is 22.3 Å². The number of hydrogen-bond acceptors (Lipinski definition) is 5. The van der Waals surface area contributed by atoms with E-state index in [2.05, 4.69) is 21.2 Å². The number of carbonyl (C=O) groups is 1. The number of thioether (sulfide) groups is 1. The van der Waals surface area contributed by atoms with Gasteiger partial charge in [0.15, 0.2) is 9.84 Å². The van der Waals surface area contributed by atoms with Crippen molar-refractivity contribution in [2.24, 2.45) is 5.92 Å². The van der Waals surface area contributed by atoms with Crippen molar-refractivity contribution in [3.63, 3.8) is 0 Å². The number of carboxylic acid groups (broad SMARTS) is 1. The van der Waals surface area contributed by atoms with E-state index in [1.54, 1.807) is 6.07 Å². The molecule has 0 aromatic heterocycles. The lowest BCUT2D eigenvalue weighted by Crippen LogP contribution is -2.17. The quantitative estimate of drug-likeness (QED) is 0.763. The molecule has 1 fully saturated rings. The van der Waals surface area contributed by atoms with Gasteiger partial charge in [0.2, 0.25) is 0 Å². The second kappa shape index (κ2) is 6.28. The van der Waals surface area contributed by atoms with E-state index in [-0.39, 0.29) is 10.9 Å². The largest absolute Gasteiger partial charge is 0.481 e. The summed E-state index contributed by atoms with van der Waals surface area (Å²) in [6.45, 7) is 0.399. The molecule has 21 heavy (non-hydrogen) atoms. The standard InChI is InChI=1S/C13H16BrNO4S2/c1-20-12-9(14)3-7(5-11(12)21(2,18)19)10-4-8(6-15-10)13(16)17/h3,5,8,10,15H,4,6H2,1-2H3,(H,16,17). The molecule has 0 spiro atoms. The van der Waals surface area contributed by atoms with Gasteiger partial charge in [-0.2, -0.15) is 0 Å². The fraction of sp³-hybridized carbons (Fsp3) is 0.462. The lowest BCUT2D eigenvalue weighted by Gasteiger charge is -2.16. The molecule has 0 amide bonds. The number of benzene rings is 1. The average Bonchev–Trinajstić information content (AvgIpc) is 2.86. The van der Waals surface area contributed by atoms with Gasteiger partial charge in [0.1, 0.15) is 0 Å². The van der Waals surface area contributed by atoms with Crippen LogP contribution in [0.25, 0.3) is 0 Å². The van der Waals surface area contributed by atoms with Gasteiger partial charge in [0.25, 0.3) is 0 Å². The Labute approximate surface area is 136 Å². The molecule has 1 aromatic carbocycles. The monoisotopic (exact) mass is 393 g/mol. The molecule has 0 aliphatic carbocycles. The molecule has 5 nitrogen and oxygen atoms in total. The Morgan fingerprint density at radius 3 is 2.62 bits per heavy atom. The summed E-state index contributed by atoms with van der Waals surface area (Å²) in [6.07, 6.45) is 3.46. The molecule has 0 radical (unpaired) electrons. The zero-order valence-corrected chi connectivity index (χ0v) is 14.8. The Kier molecular flexibility index (Phi) is 5.02. The van der Waals surface area contributed by atoms with Crippen molar-refractivity contribution in [2.75, 3.05) is 19.1 Å².